The summed E-state index contributed by atoms with van der Waals surface area (Å²) in [5.41, 5.74) is 2.09. The Balaban J connectivity index is 2.20. The molecule has 0 bridgehead atoms. The van der Waals surface area contributed by atoms with Gasteiger partial charge in [-0.15, -0.1) is 0 Å². The van der Waals surface area contributed by atoms with E-state index < -0.39 is 11.7 Å². The van der Waals surface area contributed by atoms with E-state index in [4.69, 9.17) is 9.52 Å². The fourth-order valence-electron chi connectivity index (χ4n) is 1.60. The predicted octanol–water partition coefficient (Wildman–Crippen LogP) is 0.306. The number of fused-ring (bicyclic) bond motifs is 1. The van der Waals surface area contributed by atoms with Gasteiger partial charge in [0.15, 0.2) is 5.58 Å². The zero-order valence-electron chi connectivity index (χ0n) is 9.27. The number of aliphatic carboxylic acids is 1. The van der Waals surface area contributed by atoms with Crippen molar-refractivity contribution in [1.82, 2.24) is 9.88 Å². The molecule has 1 heterocycles. The van der Waals surface area contributed by atoms with E-state index in [0.29, 0.717) is 12.1 Å². The molecule has 0 saturated heterocycles. The molecular formula is C11H12N2O4. The smallest absolute Gasteiger partial charge is 0.419 e. The van der Waals surface area contributed by atoms with Crippen molar-refractivity contribution in [2.24, 2.45) is 7.05 Å². The first-order valence-corrected chi connectivity index (χ1v) is 5.09. The van der Waals surface area contributed by atoms with Crippen LogP contribution in [0, 0.1) is 0 Å². The molecule has 0 saturated carbocycles. The zero-order valence-corrected chi connectivity index (χ0v) is 9.27. The highest BCUT2D eigenvalue weighted by Crippen LogP contribution is 2.13. The Morgan fingerprint density at radius 3 is 3.00 bits per heavy atom. The zero-order chi connectivity index (χ0) is 12.4. The third kappa shape index (κ3) is 2.36. The van der Waals surface area contributed by atoms with Gasteiger partial charge in [-0.05, 0) is 17.7 Å². The van der Waals surface area contributed by atoms with E-state index in [9.17, 15) is 9.59 Å². The quantitative estimate of drug-likeness (QED) is 0.797. The number of carboxylic acids is 1. The molecule has 0 spiro atoms. The number of nitrogens with one attached hydrogen (secondary N) is 1. The van der Waals surface area contributed by atoms with Crippen LogP contribution in [0.4, 0.5) is 0 Å². The minimum Gasteiger partial charge on any atom is -0.480 e. The summed E-state index contributed by atoms with van der Waals surface area (Å²) < 4.78 is 6.45. The van der Waals surface area contributed by atoms with Crippen molar-refractivity contribution in [3.8, 4) is 0 Å². The van der Waals surface area contributed by atoms with Gasteiger partial charge in [0.25, 0.3) is 0 Å². The van der Waals surface area contributed by atoms with Crippen molar-refractivity contribution < 1.29 is 14.3 Å². The van der Waals surface area contributed by atoms with Crippen molar-refractivity contribution in [1.29, 1.82) is 0 Å². The summed E-state index contributed by atoms with van der Waals surface area (Å²) in [6, 6.07) is 5.33. The van der Waals surface area contributed by atoms with Crippen LogP contribution in [-0.4, -0.2) is 22.2 Å². The Labute approximate surface area is 96.5 Å². The van der Waals surface area contributed by atoms with Crippen molar-refractivity contribution >= 4 is 17.1 Å². The van der Waals surface area contributed by atoms with Crippen LogP contribution in [0.2, 0.25) is 0 Å². The molecular weight excluding hydrogens is 224 g/mol. The van der Waals surface area contributed by atoms with E-state index in [1.165, 1.54) is 4.57 Å². The van der Waals surface area contributed by atoms with Gasteiger partial charge in [-0.2, -0.15) is 0 Å². The molecule has 0 aliphatic rings. The highest BCUT2D eigenvalue weighted by molar-refractivity contribution is 5.73. The lowest BCUT2D eigenvalue weighted by molar-refractivity contribution is -0.135. The number of hydrogen-bond acceptors (Lipinski definition) is 4. The van der Waals surface area contributed by atoms with Crippen LogP contribution in [0.25, 0.3) is 11.1 Å². The monoisotopic (exact) mass is 236 g/mol. The molecule has 0 atom stereocenters. The Morgan fingerprint density at radius 1 is 1.53 bits per heavy atom. The average Bonchev–Trinajstić information content (AvgIpc) is 2.54. The second kappa shape index (κ2) is 4.42. The predicted molar refractivity (Wildman–Crippen MR) is 60.8 cm³/mol. The number of oxazole rings is 1. The molecule has 0 radical (unpaired) electrons. The lowest BCUT2D eigenvalue weighted by atomic mass is 10.2. The number of hydrogen-bond donors (Lipinski definition) is 2. The highest BCUT2D eigenvalue weighted by Gasteiger charge is 2.06. The third-order valence-electron chi connectivity index (χ3n) is 2.46. The molecule has 2 rings (SSSR count). The summed E-state index contributed by atoms with van der Waals surface area (Å²) in [5, 5.41) is 11.2. The van der Waals surface area contributed by atoms with Crippen LogP contribution in [0.15, 0.2) is 27.4 Å². The van der Waals surface area contributed by atoms with Crippen LogP contribution in [0.5, 0.6) is 0 Å². The second-order valence-corrected chi connectivity index (χ2v) is 3.73. The summed E-state index contributed by atoms with van der Waals surface area (Å²) in [6.07, 6.45) is 0. The number of aromatic nitrogens is 1. The summed E-state index contributed by atoms with van der Waals surface area (Å²) in [4.78, 5) is 21.6. The van der Waals surface area contributed by atoms with Crippen LogP contribution in [0.3, 0.4) is 0 Å². The minimum absolute atomic E-state index is 0.100. The fraction of sp³-hybridized carbons (Fsp3) is 0.273. The van der Waals surface area contributed by atoms with E-state index >= 15 is 0 Å². The van der Waals surface area contributed by atoms with Crippen LogP contribution < -0.4 is 11.1 Å². The number of carboxylic acid groups (broad SMARTS) is 1. The van der Waals surface area contributed by atoms with E-state index in [0.717, 1.165) is 11.1 Å². The maximum Gasteiger partial charge on any atom is 0.419 e. The molecule has 0 unspecified atom stereocenters. The maximum absolute atomic E-state index is 11.3. The Morgan fingerprint density at radius 2 is 2.29 bits per heavy atom. The molecule has 0 fully saturated rings. The third-order valence-corrected chi connectivity index (χ3v) is 2.46. The lowest BCUT2D eigenvalue weighted by Crippen LogP contribution is -2.21. The highest BCUT2D eigenvalue weighted by atomic mass is 16.4. The summed E-state index contributed by atoms with van der Waals surface area (Å²) in [5.74, 6) is -1.31. The topological polar surface area (TPSA) is 84.5 Å². The maximum atomic E-state index is 11.3. The molecule has 90 valence electrons. The first-order valence-electron chi connectivity index (χ1n) is 5.09. The van der Waals surface area contributed by atoms with Crippen molar-refractivity contribution in [2.45, 2.75) is 6.54 Å². The molecule has 0 aliphatic heterocycles. The Bertz CT molecular complexity index is 611. The van der Waals surface area contributed by atoms with E-state index in [1.807, 2.05) is 6.07 Å². The van der Waals surface area contributed by atoms with E-state index in [2.05, 4.69) is 5.32 Å². The number of aryl methyl sites for hydroxylation is 1. The van der Waals surface area contributed by atoms with Crippen molar-refractivity contribution in [3.63, 3.8) is 0 Å². The van der Waals surface area contributed by atoms with Gasteiger partial charge < -0.3 is 14.8 Å². The average molecular weight is 236 g/mol. The number of rotatable bonds is 4. The van der Waals surface area contributed by atoms with Crippen LogP contribution >= 0.6 is 0 Å². The number of benzene rings is 1. The molecule has 1 aromatic heterocycles. The van der Waals surface area contributed by atoms with Crippen LogP contribution in [-0.2, 0) is 18.4 Å². The van der Waals surface area contributed by atoms with Crippen LogP contribution in [0.1, 0.15) is 5.56 Å². The molecule has 0 aliphatic carbocycles. The van der Waals surface area contributed by atoms with Gasteiger partial charge in [0, 0.05) is 13.6 Å². The molecule has 17 heavy (non-hydrogen) atoms. The number of carbonyl (C=O) groups is 1. The van der Waals surface area contributed by atoms with Crippen molar-refractivity contribution in [2.75, 3.05) is 6.54 Å². The summed E-state index contributed by atoms with van der Waals surface area (Å²) in [6.45, 7) is 0.317. The molecule has 6 nitrogen and oxygen atoms in total. The summed E-state index contributed by atoms with van der Waals surface area (Å²) in [7, 11) is 1.64. The summed E-state index contributed by atoms with van der Waals surface area (Å²) >= 11 is 0. The van der Waals surface area contributed by atoms with Crippen molar-refractivity contribution in [3.05, 3.63) is 34.3 Å². The number of nitrogens with zero attached hydrogens (tertiary/aromatic N) is 1. The molecule has 2 aromatic rings. The largest absolute Gasteiger partial charge is 0.480 e. The minimum atomic E-state index is -0.905. The SMILES string of the molecule is Cn1c(=O)oc2cc(CNCC(=O)O)ccc21. The van der Waals surface area contributed by atoms with Gasteiger partial charge in [0.1, 0.15) is 0 Å². The Kier molecular flexibility index (Phi) is 2.97. The molecule has 2 N–H and O–H groups in total. The van der Waals surface area contributed by atoms with Gasteiger partial charge >= 0.3 is 11.7 Å². The van der Waals surface area contributed by atoms with Gasteiger partial charge in [-0.25, -0.2) is 4.79 Å². The molecule has 0 amide bonds. The van der Waals surface area contributed by atoms with E-state index in [1.54, 1.807) is 19.2 Å². The fourth-order valence-corrected chi connectivity index (χ4v) is 1.60. The van der Waals surface area contributed by atoms with Gasteiger partial charge in [0.2, 0.25) is 0 Å². The van der Waals surface area contributed by atoms with Gasteiger partial charge in [0.05, 0.1) is 12.1 Å². The van der Waals surface area contributed by atoms with E-state index in [-0.39, 0.29) is 6.54 Å². The first-order chi connectivity index (χ1) is 8.08. The van der Waals surface area contributed by atoms with Gasteiger partial charge in [-0.3, -0.25) is 9.36 Å². The first kappa shape index (κ1) is 11.4. The standard InChI is InChI=1S/C11H12N2O4/c1-13-8-3-2-7(5-12-6-10(14)15)4-9(8)17-11(13)16/h2-4,12H,5-6H2,1H3,(H,14,15). The Hall–Kier alpha value is -2.08. The normalized spacial score (nSPS) is 10.9. The lowest BCUT2D eigenvalue weighted by Gasteiger charge is -2.01. The molecule has 6 heteroatoms. The second-order valence-electron chi connectivity index (χ2n) is 3.73. The molecule has 1 aromatic carbocycles. The van der Waals surface area contributed by atoms with Gasteiger partial charge in [-0.1, -0.05) is 6.07 Å².